The minimum Gasteiger partial charge on any atom is -0.392 e. The van der Waals surface area contributed by atoms with Crippen molar-refractivity contribution in [3.8, 4) is 0 Å². The molecule has 5 atom stereocenters. The fraction of sp³-hybridized carbons (Fsp3) is 0.300. The molecule has 52 heavy (non-hydrogen) atoms. The number of nitrogens with zero attached hydrogens (tertiary/aromatic N) is 2. The van der Waals surface area contributed by atoms with E-state index in [1.807, 2.05) is 104 Å². The monoisotopic (exact) mass is 740 g/mol. The number of imidazole rings is 1. The Hall–Kier alpha value is -4.30. The largest absolute Gasteiger partial charge is 0.392 e. The number of carbonyl (C=O) groups excluding carboxylic acids is 1. The van der Waals surface area contributed by atoms with E-state index >= 15 is 0 Å². The maximum absolute atomic E-state index is 13.5. The quantitative estimate of drug-likeness (QED) is 0.118. The summed E-state index contributed by atoms with van der Waals surface area (Å²) in [4.78, 5) is 18.1. The van der Waals surface area contributed by atoms with Gasteiger partial charge in [-0.2, -0.15) is 4.72 Å². The SMILES string of the molecule is Cc1ccc(S(=O)(=O)N[C@H](Cc2ccccc2)C(=O)NCc2ccc([C@@H]3O[C@H](CSc4nccn4C)[C@H](C)[C@H](c4ccc(CO)cc4)O3)cc2)cc1. The van der Waals surface area contributed by atoms with Crippen LogP contribution in [0.1, 0.15) is 52.7 Å². The summed E-state index contributed by atoms with van der Waals surface area (Å²) in [7, 11) is -1.99. The number of thioether (sulfide) groups is 1. The molecular weight excluding hydrogens is 697 g/mol. The topological polar surface area (TPSA) is 132 Å². The third-order valence-corrected chi connectivity index (χ3v) is 11.9. The van der Waals surface area contributed by atoms with E-state index in [0.29, 0.717) is 5.75 Å². The Morgan fingerprint density at radius 3 is 2.23 bits per heavy atom. The highest BCUT2D eigenvalue weighted by Gasteiger charge is 2.38. The third kappa shape index (κ3) is 9.37. The maximum atomic E-state index is 13.5. The molecule has 0 radical (unpaired) electrons. The Morgan fingerprint density at radius 2 is 1.58 bits per heavy atom. The van der Waals surface area contributed by atoms with Crippen LogP contribution in [0, 0.1) is 12.8 Å². The number of aryl methyl sites for hydroxylation is 2. The molecule has 0 aliphatic carbocycles. The van der Waals surface area contributed by atoms with Crippen LogP contribution in [0.4, 0.5) is 0 Å². The van der Waals surface area contributed by atoms with Gasteiger partial charge >= 0.3 is 0 Å². The van der Waals surface area contributed by atoms with Gasteiger partial charge in [-0.1, -0.05) is 115 Å². The van der Waals surface area contributed by atoms with Crippen LogP contribution in [0.25, 0.3) is 0 Å². The summed E-state index contributed by atoms with van der Waals surface area (Å²) < 4.78 is 44.4. The number of aromatic nitrogens is 2. The molecule has 272 valence electrons. The number of carbonyl (C=O) groups is 1. The molecule has 0 unspecified atom stereocenters. The van der Waals surface area contributed by atoms with Crippen LogP contribution >= 0.6 is 11.8 Å². The van der Waals surface area contributed by atoms with E-state index in [-0.39, 0.29) is 42.6 Å². The van der Waals surface area contributed by atoms with Gasteiger partial charge in [0.1, 0.15) is 6.04 Å². The fourth-order valence-corrected chi connectivity index (χ4v) is 8.36. The van der Waals surface area contributed by atoms with Crippen LogP contribution in [-0.2, 0) is 50.9 Å². The van der Waals surface area contributed by atoms with E-state index in [1.165, 1.54) is 12.1 Å². The molecule has 0 spiro atoms. The highest BCUT2D eigenvalue weighted by atomic mass is 32.2. The second-order valence-electron chi connectivity index (χ2n) is 13.1. The number of amides is 1. The van der Waals surface area contributed by atoms with Crippen LogP contribution in [0.2, 0.25) is 0 Å². The van der Waals surface area contributed by atoms with Crippen molar-refractivity contribution in [1.29, 1.82) is 0 Å². The van der Waals surface area contributed by atoms with Crippen molar-refractivity contribution in [2.75, 3.05) is 5.75 Å². The second-order valence-corrected chi connectivity index (χ2v) is 15.8. The van der Waals surface area contributed by atoms with E-state index in [4.69, 9.17) is 9.47 Å². The summed E-state index contributed by atoms with van der Waals surface area (Å²) in [5, 5.41) is 13.4. The molecule has 1 aliphatic rings. The summed E-state index contributed by atoms with van der Waals surface area (Å²) in [6.45, 7) is 4.18. The predicted octanol–water partition coefficient (Wildman–Crippen LogP) is 6.01. The van der Waals surface area contributed by atoms with Gasteiger partial charge in [-0.25, -0.2) is 13.4 Å². The number of rotatable bonds is 14. The van der Waals surface area contributed by atoms with E-state index < -0.39 is 28.3 Å². The average Bonchev–Trinajstić information content (AvgIpc) is 3.58. The van der Waals surface area contributed by atoms with Gasteiger partial charge in [0.25, 0.3) is 0 Å². The molecule has 4 aromatic carbocycles. The van der Waals surface area contributed by atoms with Gasteiger partial charge in [0, 0.05) is 43.2 Å². The minimum absolute atomic E-state index is 0.0282. The predicted molar refractivity (Wildman–Crippen MR) is 201 cm³/mol. The molecule has 1 saturated heterocycles. The van der Waals surface area contributed by atoms with E-state index in [9.17, 15) is 18.3 Å². The first kappa shape index (κ1) is 37.5. The molecule has 5 aromatic rings. The number of aliphatic hydroxyl groups excluding tert-OH is 1. The number of nitrogens with one attached hydrogen (secondary N) is 2. The molecule has 0 saturated carbocycles. The van der Waals surface area contributed by atoms with Gasteiger partial charge in [0.15, 0.2) is 11.4 Å². The molecule has 12 heteroatoms. The second kappa shape index (κ2) is 17.0. The lowest BCUT2D eigenvalue weighted by Gasteiger charge is -2.41. The normalized spacial score (nSPS) is 19.6. The van der Waals surface area contributed by atoms with Gasteiger partial charge in [-0.05, 0) is 47.7 Å². The summed E-state index contributed by atoms with van der Waals surface area (Å²) in [6, 6.07) is 30.3. The Kier molecular flexibility index (Phi) is 12.3. The molecule has 0 bridgehead atoms. The fourth-order valence-electron chi connectivity index (χ4n) is 6.07. The Labute approximate surface area is 309 Å². The number of hydrogen-bond acceptors (Lipinski definition) is 8. The van der Waals surface area contributed by atoms with Crippen molar-refractivity contribution < 1.29 is 27.8 Å². The van der Waals surface area contributed by atoms with Crippen molar-refractivity contribution >= 4 is 27.7 Å². The molecule has 2 heterocycles. The summed E-state index contributed by atoms with van der Waals surface area (Å²) in [5.74, 6) is 0.282. The molecule has 1 fully saturated rings. The van der Waals surface area contributed by atoms with Crippen LogP contribution in [0.5, 0.6) is 0 Å². The van der Waals surface area contributed by atoms with Crippen molar-refractivity contribution in [2.45, 2.75) is 68.0 Å². The molecule has 1 aliphatic heterocycles. The zero-order valence-electron chi connectivity index (χ0n) is 29.4. The molecule has 1 amide bonds. The van der Waals surface area contributed by atoms with Crippen LogP contribution in [0.3, 0.4) is 0 Å². The van der Waals surface area contributed by atoms with E-state index in [2.05, 4.69) is 21.9 Å². The van der Waals surface area contributed by atoms with Crippen LogP contribution < -0.4 is 10.0 Å². The van der Waals surface area contributed by atoms with Crippen molar-refractivity contribution in [1.82, 2.24) is 19.6 Å². The smallest absolute Gasteiger partial charge is 0.241 e. The van der Waals surface area contributed by atoms with Crippen molar-refractivity contribution in [3.05, 3.63) is 149 Å². The number of ether oxygens (including phenoxy) is 2. The van der Waals surface area contributed by atoms with Gasteiger partial charge in [0.2, 0.25) is 15.9 Å². The lowest BCUT2D eigenvalue weighted by atomic mass is 9.91. The summed E-state index contributed by atoms with van der Waals surface area (Å²) in [6.07, 6.45) is 2.86. The first-order valence-electron chi connectivity index (χ1n) is 17.2. The Bertz CT molecular complexity index is 2020. The molecule has 10 nitrogen and oxygen atoms in total. The lowest BCUT2D eigenvalue weighted by Crippen LogP contribution is -2.47. The first-order chi connectivity index (χ1) is 25.1. The van der Waals surface area contributed by atoms with Gasteiger partial charge in [-0.15, -0.1) is 0 Å². The van der Waals surface area contributed by atoms with E-state index in [0.717, 1.165) is 38.5 Å². The molecular formula is C40H44N4O6S2. The molecule has 6 rings (SSSR count). The van der Waals surface area contributed by atoms with Crippen molar-refractivity contribution in [3.63, 3.8) is 0 Å². The third-order valence-electron chi connectivity index (χ3n) is 9.22. The minimum atomic E-state index is -3.95. The number of aliphatic hydroxyl groups is 1. The lowest BCUT2D eigenvalue weighted by molar-refractivity contribution is -0.268. The van der Waals surface area contributed by atoms with Gasteiger partial charge < -0.3 is 24.5 Å². The highest BCUT2D eigenvalue weighted by Crippen LogP contribution is 2.43. The van der Waals surface area contributed by atoms with Gasteiger partial charge in [-0.3, -0.25) is 4.79 Å². The first-order valence-corrected chi connectivity index (χ1v) is 19.7. The zero-order chi connectivity index (χ0) is 36.7. The Morgan fingerprint density at radius 1 is 0.904 bits per heavy atom. The van der Waals surface area contributed by atoms with Crippen LogP contribution in [0.15, 0.2) is 126 Å². The summed E-state index contributed by atoms with van der Waals surface area (Å²) >= 11 is 1.64. The van der Waals surface area contributed by atoms with Gasteiger partial charge in [0.05, 0.1) is 23.7 Å². The summed E-state index contributed by atoms with van der Waals surface area (Å²) in [5.41, 5.74) is 5.28. The van der Waals surface area contributed by atoms with Crippen molar-refractivity contribution in [2.24, 2.45) is 13.0 Å². The standard InChI is InChI=1S/C40H44N4O6S2/c1-27-9-19-34(20-10-27)52(47,48)43-35(23-29-7-5-4-6-8-29)38(46)42-24-30-11-17-33(18-12-30)39-49-36(26-51-40-41-21-22-44(40)3)28(2)37(50-39)32-15-13-31(25-45)14-16-32/h4-22,28,35-37,39,43,45H,23-26H2,1-3H3,(H,42,46)/t28-,35+,36+,37+,39+/m0/s1. The number of benzene rings is 4. The zero-order valence-corrected chi connectivity index (χ0v) is 31.0. The number of hydrogen-bond donors (Lipinski definition) is 3. The maximum Gasteiger partial charge on any atom is 0.241 e. The number of sulfonamides is 1. The Balaban J connectivity index is 1.15. The average molecular weight is 741 g/mol. The molecule has 3 N–H and O–H groups in total. The molecule has 1 aromatic heterocycles. The highest BCUT2D eigenvalue weighted by molar-refractivity contribution is 7.99. The van der Waals surface area contributed by atoms with E-state index in [1.54, 1.807) is 30.1 Å². The van der Waals surface area contributed by atoms with Crippen LogP contribution in [-0.4, -0.2) is 46.9 Å².